The highest BCUT2D eigenvalue weighted by Crippen LogP contribution is 2.40. The van der Waals surface area contributed by atoms with Crippen LogP contribution in [0.15, 0.2) is 45.8 Å². The van der Waals surface area contributed by atoms with Crippen molar-refractivity contribution in [2.24, 2.45) is 18.9 Å². The van der Waals surface area contributed by atoms with Crippen LogP contribution in [0, 0.1) is 11.8 Å². The van der Waals surface area contributed by atoms with E-state index in [1.165, 1.54) is 4.90 Å². The second-order valence-corrected chi connectivity index (χ2v) is 11.3. The number of amides is 1. The number of hydrogen-bond donors (Lipinski definition) is 1. The molecule has 0 spiro atoms. The van der Waals surface area contributed by atoms with Gasteiger partial charge in [-0.1, -0.05) is 19.1 Å². The summed E-state index contributed by atoms with van der Waals surface area (Å²) in [7, 11) is 1.91. The Morgan fingerprint density at radius 3 is 2.49 bits per heavy atom. The molecular formula is C26H29BrF3N3OS. The number of nitrogens with zero attached hydrogens (tertiary/aromatic N) is 2. The van der Waals surface area contributed by atoms with Crippen LogP contribution in [0.4, 0.5) is 13.2 Å². The normalized spacial score (nSPS) is 18.7. The number of halogens is 4. The molecular weight excluding hydrogens is 539 g/mol. The molecule has 1 aliphatic carbocycles. The molecule has 188 valence electrons. The third-order valence-electron chi connectivity index (χ3n) is 6.75. The predicted octanol–water partition coefficient (Wildman–Crippen LogP) is 7.29. The first-order valence-corrected chi connectivity index (χ1v) is 13.6. The van der Waals surface area contributed by atoms with Crippen molar-refractivity contribution >= 4 is 44.6 Å². The standard InChI is InChI=1S/C26H29BrF3N3OS/c1-3-35-20-10-6-17(7-11-20)15-31-25(34)18-13-21(27)24-22(14-18)32-23(33(24)2)12-16-4-8-19(9-5-16)26(28,29)30/h6-7,10-11,13-14,16,19H,3-5,8-9,12,15H2,1-2H3,(H,31,34). The fourth-order valence-corrected chi connectivity index (χ4v) is 6.14. The topological polar surface area (TPSA) is 46.9 Å². The molecule has 0 atom stereocenters. The number of fused-ring (bicyclic) bond motifs is 1. The van der Waals surface area contributed by atoms with E-state index < -0.39 is 12.1 Å². The van der Waals surface area contributed by atoms with Crippen molar-refractivity contribution in [2.75, 3.05) is 5.75 Å². The largest absolute Gasteiger partial charge is 0.391 e. The molecule has 0 unspecified atom stereocenters. The van der Waals surface area contributed by atoms with Gasteiger partial charge >= 0.3 is 6.18 Å². The summed E-state index contributed by atoms with van der Waals surface area (Å²) >= 11 is 5.36. The molecule has 35 heavy (non-hydrogen) atoms. The summed E-state index contributed by atoms with van der Waals surface area (Å²) in [5.41, 5.74) is 3.12. The minimum atomic E-state index is -4.09. The summed E-state index contributed by atoms with van der Waals surface area (Å²) in [6.07, 6.45) is -1.97. The van der Waals surface area contributed by atoms with Crippen molar-refractivity contribution in [1.82, 2.24) is 14.9 Å². The van der Waals surface area contributed by atoms with Gasteiger partial charge in [0.15, 0.2) is 0 Å². The number of carbonyl (C=O) groups is 1. The minimum Gasteiger partial charge on any atom is -0.348 e. The Morgan fingerprint density at radius 2 is 1.86 bits per heavy atom. The van der Waals surface area contributed by atoms with Crippen LogP contribution in [0.5, 0.6) is 0 Å². The van der Waals surface area contributed by atoms with E-state index in [-0.39, 0.29) is 24.7 Å². The number of aromatic nitrogens is 2. The van der Waals surface area contributed by atoms with Gasteiger partial charge in [-0.05, 0) is 83.1 Å². The quantitative estimate of drug-likeness (QED) is 0.305. The van der Waals surface area contributed by atoms with Crippen LogP contribution < -0.4 is 5.32 Å². The first-order chi connectivity index (χ1) is 16.7. The van der Waals surface area contributed by atoms with Gasteiger partial charge in [0.25, 0.3) is 5.91 Å². The molecule has 4 rings (SSSR count). The molecule has 0 aliphatic heterocycles. The molecule has 0 bridgehead atoms. The summed E-state index contributed by atoms with van der Waals surface area (Å²) in [5.74, 6) is 0.674. The molecule has 0 radical (unpaired) electrons. The van der Waals surface area contributed by atoms with Gasteiger partial charge < -0.3 is 9.88 Å². The van der Waals surface area contributed by atoms with Gasteiger partial charge in [0, 0.05) is 34.9 Å². The summed E-state index contributed by atoms with van der Waals surface area (Å²) in [6.45, 7) is 2.54. The van der Waals surface area contributed by atoms with Crippen molar-refractivity contribution in [3.05, 3.63) is 57.8 Å². The SMILES string of the molecule is CCSc1ccc(CNC(=O)c2cc(Br)c3c(c2)nc(CC2CCC(C(F)(F)F)CC2)n3C)cc1. The Hall–Kier alpha value is -2.00. The maximum Gasteiger partial charge on any atom is 0.391 e. The number of aryl methyl sites for hydroxylation is 1. The summed E-state index contributed by atoms with van der Waals surface area (Å²) in [6, 6.07) is 11.7. The highest BCUT2D eigenvalue weighted by Gasteiger charge is 2.41. The van der Waals surface area contributed by atoms with Crippen LogP contribution in [0.1, 0.15) is 54.4 Å². The Kier molecular flexibility index (Phi) is 8.16. The number of alkyl halides is 3. The van der Waals surface area contributed by atoms with E-state index in [2.05, 4.69) is 40.3 Å². The summed E-state index contributed by atoms with van der Waals surface area (Å²) in [5, 5.41) is 2.97. The van der Waals surface area contributed by atoms with Gasteiger partial charge in [-0.25, -0.2) is 4.98 Å². The van der Waals surface area contributed by atoms with E-state index in [1.807, 2.05) is 23.7 Å². The highest BCUT2D eigenvalue weighted by molar-refractivity contribution is 9.10. The Balaban J connectivity index is 1.43. The zero-order valence-corrected chi connectivity index (χ0v) is 22.2. The lowest BCUT2D eigenvalue weighted by atomic mass is 9.80. The number of nitrogens with one attached hydrogen (secondary N) is 1. The second-order valence-electron chi connectivity index (χ2n) is 9.14. The molecule has 1 fully saturated rings. The Bertz CT molecular complexity index is 1190. The van der Waals surface area contributed by atoms with E-state index in [0.717, 1.165) is 27.1 Å². The van der Waals surface area contributed by atoms with Crippen molar-refractivity contribution in [3.63, 3.8) is 0 Å². The van der Waals surface area contributed by atoms with Crippen LogP contribution in [0.25, 0.3) is 11.0 Å². The van der Waals surface area contributed by atoms with Crippen LogP contribution >= 0.6 is 27.7 Å². The number of hydrogen-bond acceptors (Lipinski definition) is 3. The first kappa shape index (κ1) is 26.1. The molecule has 2 aromatic carbocycles. The van der Waals surface area contributed by atoms with Crippen LogP contribution in [-0.2, 0) is 20.0 Å². The van der Waals surface area contributed by atoms with Crippen LogP contribution in [0.2, 0.25) is 0 Å². The van der Waals surface area contributed by atoms with Gasteiger partial charge in [-0.3, -0.25) is 4.79 Å². The van der Waals surface area contributed by atoms with Crippen LogP contribution in [-0.4, -0.2) is 27.4 Å². The molecule has 1 N–H and O–H groups in total. The zero-order valence-electron chi connectivity index (χ0n) is 19.8. The van der Waals surface area contributed by atoms with E-state index >= 15 is 0 Å². The Morgan fingerprint density at radius 1 is 1.17 bits per heavy atom. The molecule has 1 heterocycles. The van der Waals surface area contributed by atoms with Gasteiger partial charge in [-0.2, -0.15) is 13.2 Å². The summed E-state index contributed by atoms with van der Waals surface area (Å²) in [4.78, 5) is 18.8. The molecule has 1 aliphatic rings. The number of carbonyl (C=O) groups excluding carboxylic acids is 1. The number of imidazole rings is 1. The first-order valence-electron chi connectivity index (χ1n) is 11.9. The van der Waals surface area contributed by atoms with Gasteiger partial charge in [0.05, 0.1) is 17.0 Å². The maximum absolute atomic E-state index is 13.0. The van der Waals surface area contributed by atoms with Crippen molar-refractivity contribution in [2.45, 2.75) is 56.6 Å². The highest BCUT2D eigenvalue weighted by atomic mass is 79.9. The predicted molar refractivity (Wildman–Crippen MR) is 138 cm³/mol. The molecule has 1 amide bonds. The van der Waals surface area contributed by atoms with Crippen molar-refractivity contribution < 1.29 is 18.0 Å². The lowest BCUT2D eigenvalue weighted by Gasteiger charge is -2.29. The van der Waals surface area contributed by atoms with E-state index in [1.54, 1.807) is 23.9 Å². The Labute approximate surface area is 216 Å². The second kappa shape index (κ2) is 10.9. The molecule has 3 aromatic rings. The van der Waals surface area contributed by atoms with Gasteiger partial charge in [0.2, 0.25) is 0 Å². The maximum atomic E-state index is 13.0. The third-order valence-corrected chi connectivity index (χ3v) is 8.24. The fourth-order valence-electron chi connectivity index (χ4n) is 4.77. The third kappa shape index (κ3) is 6.23. The summed E-state index contributed by atoms with van der Waals surface area (Å²) < 4.78 is 41.7. The van der Waals surface area contributed by atoms with Gasteiger partial charge in [0.1, 0.15) is 5.82 Å². The number of rotatable bonds is 7. The van der Waals surface area contributed by atoms with Crippen molar-refractivity contribution in [1.29, 1.82) is 0 Å². The molecule has 4 nitrogen and oxygen atoms in total. The number of thioether (sulfide) groups is 1. The van der Waals surface area contributed by atoms with Crippen molar-refractivity contribution in [3.8, 4) is 0 Å². The average molecular weight is 569 g/mol. The van der Waals surface area contributed by atoms with E-state index in [9.17, 15) is 18.0 Å². The number of benzene rings is 2. The zero-order chi connectivity index (χ0) is 25.2. The fraction of sp³-hybridized carbons (Fsp3) is 0.462. The lowest BCUT2D eigenvalue weighted by molar-refractivity contribution is -0.183. The minimum absolute atomic E-state index is 0.183. The van der Waals surface area contributed by atoms with E-state index in [4.69, 9.17) is 4.98 Å². The monoisotopic (exact) mass is 567 g/mol. The molecule has 1 aromatic heterocycles. The molecule has 9 heteroatoms. The molecule has 1 saturated carbocycles. The average Bonchev–Trinajstić information content (AvgIpc) is 3.13. The molecule has 0 saturated heterocycles. The lowest BCUT2D eigenvalue weighted by Crippen LogP contribution is -2.28. The van der Waals surface area contributed by atoms with Crippen LogP contribution in [0.3, 0.4) is 0 Å². The van der Waals surface area contributed by atoms with E-state index in [0.29, 0.717) is 36.9 Å². The van der Waals surface area contributed by atoms with Gasteiger partial charge in [-0.15, -0.1) is 11.8 Å². The smallest absolute Gasteiger partial charge is 0.348 e.